The maximum absolute atomic E-state index is 12.3. The number of likely N-dealkylation sites (tertiary alicyclic amines) is 1. The van der Waals surface area contributed by atoms with E-state index in [2.05, 4.69) is 7.05 Å². The minimum Gasteiger partial charge on any atom is -0.543 e. The van der Waals surface area contributed by atoms with E-state index in [4.69, 9.17) is 5.73 Å². The molecule has 0 spiro atoms. The van der Waals surface area contributed by atoms with Crippen molar-refractivity contribution in [3.63, 3.8) is 0 Å². The van der Waals surface area contributed by atoms with Crippen molar-refractivity contribution < 1.29 is 19.2 Å². The van der Waals surface area contributed by atoms with E-state index in [0.29, 0.717) is 10.2 Å². The zero-order valence-electron chi connectivity index (χ0n) is 11.4. The molecule has 0 saturated carbocycles. The van der Waals surface area contributed by atoms with Gasteiger partial charge in [0.05, 0.1) is 31.8 Å². The van der Waals surface area contributed by atoms with Gasteiger partial charge in [0.25, 0.3) is 0 Å². The van der Waals surface area contributed by atoms with Crippen molar-refractivity contribution in [2.75, 3.05) is 25.9 Å². The Bertz CT molecular complexity index is 487. The fourth-order valence-electron chi connectivity index (χ4n) is 3.48. The molecule has 3 rings (SSSR count). The molecule has 2 saturated heterocycles. The van der Waals surface area contributed by atoms with Crippen molar-refractivity contribution in [2.24, 2.45) is 11.7 Å². The number of hydrogen-bond acceptors (Lipinski definition) is 5. The van der Waals surface area contributed by atoms with Crippen LogP contribution >= 0.6 is 11.8 Å². The van der Waals surface area contributed by atoms with Gasteiger partial charge in [-0.15, -0.1) is 11.8 Å². The van der Waals surface area contributed by atoms with Gasteiger partial charge >= 0.3 is 0 Å². The molecule has 0 aromatic heterocycles. The third-order valence-electron chi connectivity index (χ3n) is 4.77. The largest absolute Gasteiger partial charge is 0.543 e. The molecule has 3 aliphatic heterocycles. The minimum absolute atomic E-state index is 0.00581. The van der Waals surface area contributed by atoms with Gasteiger partial charge in [-0.1, -0.05) is 0 Å². The zero-order chi connectivity index (χ0) is 14.5. The topological polar surface area (TPSA) is 86.5 Å². The molecular weight excluding hydrogens is 278 g/mol. The van der Waals surface area contributed by atoms with Crippen LogP contribution in [0, 0.1) is 5.92 Å². The second-order valence-corrected chi connectivity index (χ2v) is 7.11. The fourth-order valence-corrected chi connectivity index (χ4v) is 4.79. The quantitative estimate of drug-likeness (QED) is 0.515. The van der Waals surface area contributed by atoms with Crippen LogP contribution in [0.4, 0.5) is 0 Å². The average molecular weight is 297 g/mol. The normalized spacial score (nSPS) is 33.2. The highest BCUT2D eigenvalue weighted by Crippen LogP contribution is 2.44. The molecule has 0 bridgehead atoms. The Hall–Kier alpha value is -1.05. The number of hydrogen-bond donors (Lipinski definition) is 1. The summed E-state index contributed by atoms with van der Waals surface area (Å²) >= 11 is 1.58. The predicted octanol–water partition coefficient (Wildman–Crippen LogP) is -1.32. The highest BCUT2D eigenvalue weighted by Gasteiger charge is 2.58. The van der Waals surface area contributed by atoms with Gasteiger partial charge in [-0.2, -0.15) is 0 Å². The average Bonchev–Trinajstić information content (AvgIpc) is 2.85. The first kappa shape index (κ1) is 13.9. The maximum atomic E-state index is 12.3. The molecule has 1 amide bonds. The lowest BCUT2D eigenvalue weighted by atomic mass is 9.92. The molecule has 110 valence electrons. The van der Waals surface area contributed by atoms with Crippen molar-refractivity contribution in [1.29, 1.82) is 0 Å². The van der Waals surface area contributed by atoms with Crippen LogP contribution < -0.4 is 10.8 Å². The standard InChI is InChI=1S/C13H19N3O3S/c1-16(5-2-3-6-16)10(14)9-11(17)15-8(13(18)19)4-7-20-12(9)15/h4,9-10,12H,2-3,5-7,14H2,1H3/t9?,10?,12-/m0/s1. The SMILES string of the molecule is C[N+]1(C(N)C2C(=O)N3C(C(=O)[O-])=CCS[C@@H]23)CCCC1. The monoisotopic (exact) mass is 297 g/mol. The molecule has 0 radical (unpaired) electrons. The van der Waals surface area contributed by atoms with E-state index in [1.807, 2.05) is 0 Å². The first-order chi connectivity index (χ1) is 9.46. The van der Waals surface area contributed by atoms with E-state index < -0.39 is 5.97 Å². The fraction of sp³-hybridized carbons (Fsp3) is 0.692. The van der Waals surface area contributed by atoms with E-state index in [-0.39, 0.29) is 29.1 Å². The van der Waals surface area contributed by atoms with Crippen molar-refractivity contribution in [3.05, 3.63) is 11.8 Å². The number of nitrogens with two attached hydrogens (primary N) is 1. The first-order valence-electron chi connectivity index (χ1n) is 6.92. The number of β-lactam (4-membered cyclic amide) rings is 1. The van der Waals surface area contributed by atoms with E-state index in [1.54, 1.807) is 17.8 Å². The van der Waals surface area contributed by atoms with Gasteiger partial charge in [0.15, 0.2) is 6.17 Å². The molecule has 0 aromatic rings. The van der Waals surface area contributed by atoms with Crippen molar-refractivity contribution in [2.45, 2.75) is 24.4 Å². The molecule has 0 aromatic carbocycles. The number of carboxylic acids is 1. The molecule has 2 N–H and O–H groups in total. The Labute approximate surface area is 122 Å². The van der Waals surface area contributed by atoms with Crippen LogP contribution in [0.3, 0.4) is 0 Å². The number of rotatable bonds is 3. The number of nitrogens with zero attached hydrogens (tertiary/aromatic N) is 2. The smallest absolute Gasteiger partial charge is 0.241 e. The number of fused-ring (bicyclic) bond motifs is 1. The van der Waals surface area contributed by atoms with Gasteiger partial charge in [-0.05, 0) is 6.08 Å². The second kappa shape index (κ2) is 4.75. The van der Waals surface area contributed by atoms with Crippen LogP contribution in [-0.2, 0) is 9.59 Å². The maximum Gasteiger partial charge on any atom is 0.241 e. The molecule has 6 nitrogen and oxygen atoms in total. The molecular formula is C13H19N3O3S. The van der Waals surface area contributed by atoms with Crippen molar-refractivity contribution in [3.8, 4) is 0 Å². The first-order valence-corrected chi connectivity index (χ1v) is 7.96. The van der Waals surface area contributed by atoms with Gasteiger partial charge in [0, 0.05) is 18.6 Å². The molecule has 20 heavy (non-hydrogen) atoms. The van der Waals surface area contributed by atoms with E-state index in [1.165, 1.54) is 4.90 Å². The van der Waals surface area contributed by atoms with Gasteiger partial charge in [-0.3, -0.25) is 15.4 Å². The van der Waals surface area contributed by atoms with Gasteiger partial charge in [0.2, 0.25) is 5.91 Å². The van der Waals surface area contributed by atoms with E-state index >= 15 is 0 Å². The lowest BCUT2D eigenvalue weighted by Gasteiger charge is -2.53. The van der Waals surface area contributed by atoms with Crippen LogP contribution in [0.5, 0.6) is 0 Å². The molecule has 2 unspecified atom stereocenters. The second-order valence-electron chi connectivity index (χ2n) is 5.96. The van der Waals surface area contributed by atoms with Crippen LogP contribution in [0.15, 0.2) is 11.8 Å². The lowest BCUT2D eigenvalue weighted by Crippen LogP contribution is -2.72. The third kappa shape index (κ3) is 1.88. The Morgan fingerprint density at radius 3 is 2.80 bits per heavy atom. The van der Waals surface area contributed by atoms with Gasteiger partial charge in [0.1, 0.15) is 11.3 Å². The summed E-state index contributed by atoms with van der Waals surface area (Å²) < 4.78 is 0.714. The Kier molecular flexibility index (Phi) is 3.30. The van der Waals surface area contributed by atoms with Gasteiger partial charge < -0.3 is 14.4 Å². The molecule has 7 heteroatoms. The number of quaternary nitrogens is 1. The molecule has 0 aliphatic carbocycles. The Morgan fingerprint density at radius 2 is 2.20 bits per heavy atom. The van der Waals surface area contributed by atoms with Crippen LogP contribution in [0.2, 0.25) is 0 Å². The number of thioether (sulfide) groups is 1. The summed E-state index contributed by atoms with van der Waals surface area (Å²) in [6, 6.07) is 0. The van der Waals surface area contributed by atoms with E-state index in [9.17, 15) is 14.7 Å². The summed E-state index contributed by atoms with van der Waals surface area (Å²) in [6.07, 6.45) is 3.57. The number of carboxylic acid groups (broad SMARTS) is 1. The van der Waals surface area contributed by atoms with Crippen LogP contribution in [0.1, 0.15) is 12.8 Å². The number of aliphatic carboxylic acids is 1. The lowest BCUT2D eigenvalue weighted by molar-refractivity contribution is -0.925. The summed E-state index contributed by atoms with van der Waals surface area (Å²) in [5.74, 6) is -1.15. The molecule has 3 atom stereocenters. The summed E-state index contributed by atoms with van der Waals surface area (Å²) in [7, 11) is 2.09. The minimum atomic E-state index is -1.28. The van der Waals surface area contributed by atoms with Crippen LogP contribution in [-0.4, -0.2) is 58.7 Å². The van der Waals surface area contributed by atoms with Gasteiger partial charge in [-0.25, -0.2) is 0 Å². The van der Waals surface area contributed by atoms with Crippen molar-refractivity contribution >= 4 is 23.6 Å². The number of carbonyl (C=O) groups is 2. The molecule has 3 heterocycles. The zero-order valence-corrected chi connectivity index (χ0v) is 12.3. The molecule has 3 aliphatic rings. The Balaban J connectivity index is 1.80. The predicted molar refractivity (Wildman–Crippen MR) is 72.8 cm³/mol. The third-order valence-corrected chi connectivity index (χ3v) is 5.98. The number of amides is 1. The Morgan fingerprint density at radius 1 is 1.55 bits per heavy atom. The van der Waals surface area contributed by atoms with Crippen molar-refractivity contribution in [1.82, 2.24) is 4.90 Å². The highest BCUT2D eigenvalue weighted by atomic mass is 32.2. The highest BCUT2D eigenvalue weighted by molar-refractivity contribution is 8.00. The van der Waals surface area contributed by atoms with E-state index in [0.717, 1.165) is 25.9 Å². The number of carbonyl (C=O) groups excluding carboxylic acids is 2. The van der Waals surface area contributed by atoms with Crippen LogP contribution in [0.25, 0.3) is 0 Å². The summed E-state index contributed by atoms with van der Waals surface area (Å²) in [4.78, 5) is 24.8. The summed E-state index contributed by atoms with van der Waals surface area (Å²) in [5.41, 5.74) is 6.37. The summed E-state index contributed by atoms with van der Waals surface area (Å²) in [6.45, 7) is 1.98. The summed E-state index contributed by atoms with van der Waals surface area (Å²) in [5, 5.41) is 10.9. The molecule has 2 fully saturated rings.